The van der Waals surface area contributed by atoms with Crippen molar-refractivity contribution in [3.63, 3.8) is 0 Å². The molecule has 4 rings (SSSR count). The molecule has 2 aromatic carbocycles. The number of esters is 1. The second-order valence-corrected chi connectivity index (χ2v) is 8.89. The molecule has 0 spiro atoms. The molecule has 0 atom stereocenters. The number of benzene rings is 2. The zero-order valence-corrected chi connectivity index (χ0v) is 19.5. The zero-order valence-electron chi connectivity index (χ0n) is 18.6. The van der Waals surface area contributed by atoms with Gasteiger partial charge in [-0.2, -0.15) is 0 Å². The van der Waals surface area contributed by atoms with Crippen LogP contribution < -0.4 is 0 Å². The van der Waals surface area contributed by atoms with Gasteiger partial charge in [0.1, 0.15) is 5.03 Å². The lowest BCUT2D eigenvalue weighted by Gasteiger charge is -2.30. The van der Waals surface area contributed by atoms with Crippen molar-refractivity contribution in [1.29, 1.82) is 0 Å². The molecule has 0 bridgehead atoms. The average molecular weight is 462 g/mol. The van der Waals surface area contributed by atoms with E-state index in [1.807, 2.05) is 54.3 Å². The minimum absolute atomic E-state index is 0.0599. The molecule has 3 aromatic rings. The largest absolute Gasteiger partial charge is 0.466 e. The first kappa shape index (κ1) is 23.0. The van der Waals surface area contributed by atoms with Gasteiger partial charge in [0, 0.05) is 18.7 Å². The lowest BCUT2D eigenvalue weighted by atomic mass is 9.97. The highest BCUT2D eigenvalue weighted by Crippen LogP contribution is 2.25. The lowest BCUT2D eigenvalue weighted by Crippen LogP contribution is -2.41. The summed E-state index contributed by atoms with van der Waals surface area (Å²) in [5, 5.41) is 9.35. The normalized spacial score (nSPS) is 14.2. The van der Waals surface area contributed by atoms with Crippen LogP contribution in [0.25, 0.3) is 22.4 Å². The fourth-order valence-corrected chi connectivity index (χ4v) is 4.58. The Balaban J connectivity index is 1.28. The predicted octanol–water partition coefficient (Wildman–Crippen LogP) is 4.70. The van der Waals surface area contributed by atoms with Gasteiger partial charge in [0.25, 0.3) is 0 Å². The van der Waals surface area contributed by atoms with Gasteiger partial charge in [0.05, 0.1) is 24.0 Å². The quantitative estimate of drug-likeness (QED) is 0.375. The Morgan fingerprint density at radius 3 is 2.21 bits per heavy atom. The van der Waals surface area contributed by atoms with Crippen LogP contribution in [0.5, 0.6) is 0 Å². The molecule has 2 heterocycles. The Labute approximate surface area is 198 Å². The molecule has 0 saturated carbocycles. The molecule has 7 heteroatoms. The van der Waals surface area contributed by atoms with Crippen molar-refractivity contribution in [2.45, 2.75) is 24.8 Å². The summed E-state index contributed by atoms with van der Waals surface area (Å²) in [7, 11) is 0. The van der Waals surface area contributed by atoms with Crippen LogP contribution in [0, 0.1) is 5.92 Å². The second kappa shape index (κ2) is 11.1. The summed E-state index contributed by atoms with van der Waals surface area (Å²) in [6.45, 7) is 3.39. The molecule has 1 fully saturated rings. The van der Waals surface area contributed by atoms with E-state index >= 15 is 0 Å². The third-order valence-corrected chi connectivity index (χ3v) is 6.64. The number of thioether (sulfide) groups is 1. The van der Waals surface area contributed by atoms with Crippen molar-refractivity contribution in [2.24, 2.45) is 5.92 Å². The monoisotopic (exact) mass is 461 g/mol. The maximum Gasteiger partial charge on any atom is 0.309 e. The molecule has 0 aliphatic carbocycles. The van der Waals surface area contributed by atoms with Crippen LogP contribution in [0.15, 0.2) is 71.8 Å². The molecule has 1 amide bonds. The van der Waals surface area contributed by atoms with Gasteiger partial charge < -0.3 is 9.64 Å². The summed E-state index contributed by atoms with van der Waals surface area (Å²) in [5.74, 6) is 0.125. The fourth-order valence-electron chi connectivity index (χ4n) is 3.87. The number of ether oxygens (including phenoxy) is 1. The molecule has 0 N–H and O–H groups in total. The van der Waals surface area contributed by atoms with Crippen molar-refractivity contribution in [1.82, 2.24) is 15.1 Å². The summed E-state index contributed by atoms with van der Waals surface area (Å²) in [5.41, 5.74) is 4.13. The number of likely N-dealkylation sites (tertiary alicyclic amines) is 1. The van der Waals surface area contributed by atoms with Gasteiger partial charge in [-0.05, 0) is 43.0 Å². The Hall–Kier alpha value is -3.19. The Kier molecular flexibility index (Phi) is 7.73. The maximum absolute atomic E-state index is 12.6. The molecule has 1 aliphatic rings. The van der Waals surface area contributed by atoms with E-state index in [4.69, 9.17) is 4.74 Å². The molecule has 0 radical (unpaired) electrons. The van der Waals surface area contributed by atoms with Crippen LogP contribution in [-0.4, -0.2) is 52.4 Å². The van der Waals surface area contributed by atoms with Crippen molar-refractivity contribution < 1.29 is 14.3 Å². The average Bonchev–Trinajstić information content (AvgIpc) is 2.88. The molecule has 170 valence electrons. The highest BCUT2D eigenvalue weighted by Gasteiger charge is 2.28. The van der Waals surface area contributed by atoms with Crippen molar-refractivity contribution >= 4 is 23.6 Å². The maximum atomic E-state index is 12.6. The summed E-state index contributed by atoms with van der Waals surface area (Å²) in [6, 6.07) is 22.3. The van der Waals surface area contributed by atoms with Crippen LogP contribution in [0.4, 0.5) is 0 Å². The second-order valence-electron chi connectivity index (χ2n) is 7.90. The van der Waals surface area contributed by atoms with Gasteiger partial charge >= 0.3 is 5.97 Å². The van der Waals surface area contributed by atoms with Gasteiger partial charge in [-0.1, -0.05) is 66.4 Å². The molecule has 33 heavy (non-hydrogen) atoms. The fraction of sp³-hybridized carbons (Fsp3) is 0.308. The summed E-state index contributed by atoms with van der Waals surface area (Å²) in [6.07, 6.45) is 1.32. The molecule has 1 aromatic heterocycles. The van der Waals surface area contributed by atoms with E-state index in [9.17, 15) is 9.59 Å². The highest BCUT2D eigenvalue weighted by atomic mass is 32.2. The van der Waals surface area contributed by atoms with E-state index in [-0.39, 0.29) is 17.8 Å². The van der Waals surface area contributed by atoms with Crippen molar-refractivity contribution in [3.8, 4) is 22.4 Å². The molecular weight excluding hydrogens is 434 g/mol. The third kappa shape index (κ3) is 5.99. The van der Waals surface area contributed by atoms with Gasteiger partial charge in [-0.3, -0.25) is 9.59 Å². The van der Waals surface area contributed by atoms with Crippen molar-refractivity contribution in [2.75, 3.05) is 25.4 Å². The molecule has 0 unspecified atom stereocenters. The topological polar surface area (TPSA) is 72.4 Å². The molecule has 6 nitrogen and oxygen atoms in total. The number of hydrogen-bond acceptors (Lipinski definition) is 6. The number of hydrogen-bond donors (Lipinski definition) is 0. The molecular formula is C26H27N3O3S. The van der Waals surface area contributed by atoms with Gasteiger partial charge in [0.2, 0.25) is 5.91 Å². The number of carbonyl (C=O) groups is 2. The highest BCUT2D eigenvalue weighted by molar-refractivity contribution is 7.99. The van der Waals surface area contributed by atoms with E-state index in [2.05, 4.69) is 34.5 Å². The van der Waals surface area contributed by atoms with Gasteiger partial charge in [0.15, 0.2) is 0 Å². The van der Waals surface area contributed by atoms with Crippen LogP contribution in [-0.2, 0) is 14.3 Å². The first-order valence-corrected chi connectivity index (χ1v) is 12.2. The molecule has 1 saturated heterocycles. The van der Waals surface area contributed by atoms with Crippen LogP contribution >= 0.6 is 11.8 Å². The SMILES string of the molecule is CCOC(=O)C1CCN(C(=O)CSc2ccc(-c3ccc(-c4ccccc4)cc3)nn2)CC1. The van der Waals surface area contributed by atoms with Crippen molar-refractivity contribution in [3.05, 3.63) is 66.7 Å². The van der Waals surface area contributed by atoms with Crippen LogP contribution in [0.3, 0.4) is 0 Å². The standard InChI is InChI=1S/C26H27N3O3S/c1-2-32-26(31)22-14-16-29(17-15-22)25(30)18-33-24-13-12-23(27-28-24)21-10-8-20(9-11-21)19-6-4-3-5-7-19/h3-13,22H,2,14-18H2,1H3. The number of piperidine rings is 1. The van der Waals surface area contributed by atoms with Crippen LogP contribution in [0.1, 0.15) is 19.8 Å². The smallest absolute Gasteiger partial charge is 0.309 e. The summed E-state index contributed by atoms with van der Waals surface area (Å²) >= 11 is 1.38. The number of nitrogens with zero attached hydrogens (tertiary/aromatic N) is 3. The first-order chi connectivity index (χ1) is 16.1. The lowest BCUT2D eigenvalue weighted by molar-refractivity contribution is -0.151. The summed E-state index contributed by atoms with van der Waals surface area (Å²) < 4.78 is 5.09. The van der Waals surface area contributed by atoms with Gasteiger partial charge in [-0.15, -0.1) is 10.2 Å². The number of amides is 1. The minimum Gasteiger partial charge on any atom is -0.466 e. The van der Waals surface area contributed by atoms with E-state index in [1.165, 1.54) is 17.3 Å². The Bertz CT molecular complexity index is 1060. The third-order valence-electron chi connectivity index (χ3n) is 5.74. The van der Waals surface area contributed by atoms with E-state index in [1.54, 1.807) is 0 Å². The van der Waals surface area contributed by atoms with Crippen LogP contribution in [0.2, 0.25) is 0 Å². The van der Waals surface area contributed by atoms with E-state index in [0.29, 0.717) is 38.3 Å². The Morgan fingerprint density at radius 2 is 1.58 bits per heavy atom. The number of rotatable bonds is 7. The summed E-state index contributed by atoms with van der Waals surface area (Å²) in [4.78, 5) is 26.2. The Morgan fingerprint density at radius 1 is 0.909 bits per heavy atom. The van der Waals surface area contributed by atoms with E-state index < -0.39 is 0 Å². The van der Waals surface area contributed by atoms with E-state index in [0.717, 1.165) is 21.8 Å². The first-order valence-electron chi connectivity index (χ1n) is 11.2. The predicted molar refractivity (Wildman–Crippen MR) is 130 cm³/mol. The number of aromatic nitrogens is 2. The van der Waals surface area contributed by atoms with Gasteiger partial charge in [-0.25, -0.2) is 0 Å². The zero-order chi connectivity index (χ0) is 23.0. The number of carbonyl (C=O) groups excluding carboxylic acids is 2. The minimum atomic E-state index is -0.149. The molecule has 1 aliphatic heterocycles.